The van der Waals surface area contributed by atoms with Gasteiger partial charge in [0.2, 0.25) is 0 Å². The van der Waals surface area contributed by atoms with Crippen LogP contribution in [0.5, 0.6) is 0 Å². The highest BCUT2D eigenvalue weighted by molar-refractivity contribution is 7.80. The van der Waals surface area contributed by atoms with E-state index in [4.69, 9.17) is 11.6 Å². The van der Waals surface area contributed by atoms with E-state index >= 15 is 0 Å². The third kappa shape index (κ3) is 23.3. The van der Waals surface area contributed by atoms with E-state index in [9.17, 15) is 0 Å². The topological polar surface area (TPSA) is 18.5 Å². The first-order chi connectivity index (χ1) is 4.83. The van der Waals surface area contributed by atoms with Crippen LogP contribution in [0.4, 0.5) is 0 Å². The first-order valence-electron chi connectivity index (χ1n) is 2.98. The second-order valence-corrected chi connectivity index (χ2v) is 3.68. The Hall–Kier alpha value is 0.777. The maximum atomic E-state index is 5.25. The lowest BCUT2D eigenvalue weighted by molar-refractivity contribution is 0.309. The van der Waals surface area contributed by atoms with Gasteiger partial charge >= 0.3 is 10.0 Å². The van der Waals surface area contributed by atoms with Crippen LogP contribution in [0.1, 0.15) is 6.42 Å². The molecule has 0 saturated carbocycles. The number of halogens is 1. The zero-order valence-corrected chi connectivity index (χ0v) is 9.53. The predicted octanol–water partition coefficient (Wildman–Crippen LogP) is 0.823. The molecule has 5 heteroatoms. The van der Waals surface area contributed by atoms with Crippen LogP contribution in [0.15, 0.2) is 0 Å². The van der Waals surface area contributed by atoms with Crippen molar-refractivity contribution < 1.29 is 8.85 Å². The minimum Gasteiger partial charge on any atom is -0.402 e. The molecule has 0 aliphatic carbocycles. The van der Waals surface area contributed by atoms with Crippen molar-refractivity contribution >= 4 is 34.2 Å². The Morgan fingerprint density at radius 1 is 1.40 bits per heavy atom. The van der Waals surface area contributed by atoms with Gasteiger partial charge in [0.1, 0.15) is 0 Å². The van der Waals surface area contributed by atoms with Gasteiger partial charge in [-0.1, -0.05) is 0 Å². The molecule has 2 nitrogen and oxygen atoms in total. The van der Waals surface area contributed by atoms with E-state index in [-0.39, 0.29) is 0 Å². The summed E-state index contributed by atoms with van der Waals surface area (Å²) < 4.78 is 9.22. The van der Waals surface area contributed by atoms with Gasteiger partial charge in [0, 0.05) is 20.1 Å². The molecule has 0 atom stereocenters. The van der Waals surface area contributed by atoms with Crippen LogP contribution in [0, 0.1) is 0 Å². The van der Waals surface area contributed by atoms with Crippen molar-refractivity contribution in [3.63, 3.8) is 0 Å². The molecule has 10 heavy (non-hydrogen) atoms. The Kier molecular flexibility index (Phi) is 21.9. The van der Waals surface area contributed by atoms with Crippen LogP contribution in [0.2, 0.25) is 0 Å². The molecule has 0 heterocycles. The molecule has 0 saturated heterocycles. The summed E-state index contributed by atoms with van der Waals surface area (Å²) in [6.07, 6.45) is 1.02. The van der Waals surface area contributed by atoms with Gasteiger partial charge in [0.25, 0.3) is 0 Å². The lowest BCUT2D eigenvalue weighted by Gasteiger charge is -1.86. The minimum atomic E-state index is -0.568. The first kappa shape index (κ1) is 13.4. The lowest BCUT2D eigenvalue weighted by atomic mass is 10.6. The number of rotatable bonds is 4. The Morgan fingerprint density at radius 2 is 1.90 bits per heavy atom. The largest absolute Gasteiger partial charge is 0.402 e. The zero-order chi connectivity index (χ0) is 8.24. The molecule has 0 N–H and O–H groups in total. The molecule has 64 valence electrons. The molecule has 0 spiro atoms. The second kappa shape index (κ2) is 16.4. The van der Waals surface area contributed by atoms with Crippen LogP contribution in [-0.4, -0.2) is 35.9 Å². The van der Waals surface area contributed by atoms with Crippen molar-refractivity contribution in [1.29, 1.82) is 0 Å². The molecule has 0 fully saturated rings. The van der Waals surface area contributed by atoms with Crippen LogP contribution >= 0.6 is 24.2 Å². The van der Waals surface area contributed by atoms with Crippen molar-refractivity contribution in [2.75, 3.05) is 25.9 Å². The summed E-state index contributed by atoms with van der Waals surface area (Å²) in [5.74, 6) is 1.65. The number of hydrogen-bond donors (Lipinski definition) is 1. The van der Waals surface area contributed by atoms with Gasteiger partial charge in [0.05, 0.1) is 0 Å². The molecule has 0 amide bonds. The number of thiol groups is 1. The monoisotopic (exact) mass is 202 g/mol. The van der Waals surface area contributed by atoms with Gasteiger partial charge < -0.3 is 8.85 Å². The zero-order valence-electron chi connectivity index (χ0n) is 6.47. The Labute approximate surface area is 75.7 Å². The van der Waals surface area contributed by atoms with Crippen LogP contribution in [0.25, 0.3) is 0 Å². The molecular formula is C5H15ClO2SSi. The Balaban J connectivity index is 0. The SMILES string of the molecule is CO[SiH2]OC.SCCCCl. The Morgan fingerprint density at radius 3 is 1.90 bits per heavy atom. The predicted molar refractivity (Wildman–Crippen MR) is 51.8 cm³/mol. The van der Waals surface area contributed by atoms with Crippen LogP contribution in [-0.2, 0) is 8.85 Å². The standard InChI is InChI=1S/C3H7ClS.C2H8O2Si/c4-2-1-3-5;1-3-5-4-2/h5H,1-3H2;5H2,1-2H3. The van der Waals surface area contributed by atoms with E-state index in [1.165, 1.54) is 0 Å². The molecule has 0 rings (SSSR count). The average molecular weight is 203 g/mol. The second-order valence-electron chi connectivity index (χ2n) is 1.46. The average Bonchev–Trinajstić information content (AvgIpc) is 1.93. The van der Waals surface area contributed by atoms with Gasteiger partial charge in [-0.25, -0.2) is 0 Å². The molecular weight excluding hydrogens is 188 g/mol. The van der Waals surface area contributed by atoms with Crippen LogP contribution in [0.3, 0.4) is 0 Å². The molecule has 0 unspecified atom stereocenters. The van der Waals surface area contributed by atoms with Gasteiger partial charge in [-0.3, -0.25) is 0 Å². The summed E-state index contributed by atoms with van der Waals surface area (Å²) in [6, 6.07) is 0. The van der Waals surface area contributed by atoms with E-state index in [1.54, 1.807) is 14.2 Å². The van der Waals surface area contributed by atoms with E-state index < -0.39 is 10.0 Å². The maximum absolute atomic E-state index is 5.25. The molecule has 0 bridgehead atoms. The quantitative estimate of drug-likeness (QED) is 0.414. The normalized spacial score (nSPS) is 8.40. The van der Waals surface area contributed by atoms with Gasteiger partial charge in [-0.15, -0.1) is 11.6 Å². The molecule has 0 aromatic carbocycles. The molecule has 0 aromatic heterocycles. The highest BCUT2D eigenvalue weighted by Gasteiger charge is 1.70. The Bertz CT molecular complexity index is 40.6. The van der Waals surface area contributed by atoms with Gasteiger partial charge in [0.15, 0.2) is 0 Å². The van der Waals surface area contributed by atoms with Crippen molar-refractivity contribution in [1.82, 2.24) is 0 Å². The highest BCUT2D eigenvalue weighted by Crippen LogP contribution is 1.84. The van der Waals surface area contributed by atoms with E-state index in [2.05, 4.69) is 21.5 Å². The summed E-state index contributed by atoms with van der Waals surface area (Å²) in [5.41, 5.74) is 0. The van der Waals surface area contributed by atoms with Crippen LogP contribution < -0.4 is 0 Å². The fraction of sp³-hybridized carbons (Fsp3) is 1.00. The summed E-state index contributed by atoms with van der Waals surface area (Å²) in [5, 5.41) is 0. The summed E-state index contributed by atoms with van der Waals surface area (Å²) in [7, 11) is 2.73. The van der Waals surface area contributed by atoms with E-state index in [0.29, 0.717) is 0 Å². The van der Waals surface area contributed by atoms with Gasteiger partial charge in [-0.05, 0) is 12.2 Å². The lowest BCUT2D eigenvalue weighted by Crippen LogP contribution is -1.93. The molecule has 0 aliphatic heterocycles. The first-order valence-corrected chi connectivity index (χ1v) is 5.30. The third-order valence-electron chi connectivity index (χ3n) is 0.527. The fourth-order valence-corrected chi connectivity index (χ4v) is 0.891. The maximum Gasteiger partial charge on any atom is 0.303 e. The summed E-state index contributed by atoms with van der Waals surface area (Å²) in [4.78, 5) is 0. The summed E-state index contributed by atoms with van der Waals surface area (Å²) in [6.45, 7) is 0. The van der Waals surface area contributed by atoms with Crippen molar-refractivity contribution in [3.05, 3.63) is 0 Å². The smallest absolute Gasteiger partial charge is 0.303 e. The minimum absolute atomic E-state index is 0.568. The molecule has 0 radical (unpaired) electrons. The highest BCUT2D eigenvalue weighted by atomic mass is 35.5. The summed E-state index contributed by atoms with van der Waals surface area (Å²) >= 11 is 9.17. The third-order valence-corrected chi connectivity index (χ3v) is 1.58. The van der Waals surface area contributed by atoms with E-state index in [0.717, 1.165) is 18.1 Å². The van der Waals surface area contributed by atoms with Gasteiger partial charge in [-0.2, -0.15) is 12.6 Å². The molecule has 0 aliphatic rings. The van der Waals surface area contributed by atoms with Crippen molar-refractivity contribution in [2.24, 2.45) is 0 Å². The number of hydrogen-bond acceptors (Lipinski definition) is 3. The molecule has 0 aromatic rings. The van der Waals surface area contributed by atoms with E-state index in [1.807, 2.05) is 0 Å². The van der Waals surface area contributed by atoms with Crippen molar-refractivity contribution in [3.8, 4) is 0 Å². The fourth-order valence-electron chi connectivity index (χ4n) is 0.178. The number of alkyl halides is 1. The van der Waals surface area contributed by atoms with Crippen molar-refractivity contribution in [2.45, 2.75) is 6.42 Å².